The Morgan fingerprint density at radius 3 is 0.861 bits per heavy atom. The van der Waals surface area contributed by atoms with Gasteiger partial charge in [-0.25, -0.2) is 28.8 Å². The molecule has 0 aromatic heterocycles. The van der Waals surface area contributed by atoms with Gasteiger partial charge in [0.2, 0.25) is 0 Å². The summed E-state index contributed by atoms with van der Waals surface area (Å²) in [4.78, 5) is 61.3. The van der Waals surface area contributed by atoms with Crippen molar-refractivity contribution in [1.29, 1.82) is 0 Å². The van der Waals surface area contributed by atoms with Crippen LogP contribution in [0.15, 0.2) is 75.9 Å². The van der Waals surface area contributed by atoms with E-state index in [4.69, 9.17) is 29.5 Å². The van der Waals surface area contributed by atoms with E-state index in [9.17, 15) is 28.8 Å². The molecule has 0 unspecified atom stereocenters. The SMILES string of the molecule is C=CC(=O)O.C=CC(=O)O.C=CC(=O)O.C=CC(=O)OCC(CC)(COC(=O)C=C)COC(=O)C=C. The van der Waals surface area contributed by atoms with Crippen molar-refractivity contribution in [1.82, 2.24) is 0 Å². The highest BCUT2D eigenvalue weighted by molar-refractivity contribution is 5.82. The van der Waals surface area contributed by atoms with Gasteiger partial charge in [0.15, 0.2) is 0 Å². The number of esters is 3. The number of aliphatic carboxylic acids is 3. The number of carboxylic acids is 3. The first-order valence-corrected chi connectivity index (χ1v) is 9.68. The smallest absolute Gasteiger partial charge is 0.330 e. The van der Waals surface area contributed by atoms with Crippen molar-refractivity contribution in [3.8, 4) is 0 Å². The normalized spacial score (nSPS) is 8.58. The maximum atomic E-state index is 11.2. The van der Waals surface area contributed by atoms with Crippen LogP contribution in [0.1, 0.15) is 13.3 Å². The Hall–Kier alpha value is -4.74. The molecule has 36 heavy (non-hydrogen) atoms. The van der Waals surface area contributed by atoms with E-state index >= 15 is 0 Å². The summed E-state index contributed by atoms with van der Waals surface area (Å²) in [7, 11) is 0. The van der Waals surface area contributed by atoms with Crippen molar-refractivity contribution < 1.29 is 58.3 Å². The van der Waals surface area contributed by atoms with E-state index < -0.39 is 41.2 Å². The Balaban J connectivity index is -0.000000275. The molecule has 0 spiro atoms. The van der Waals surface area contributed by atoms with E-state index in [1.165, 1.54) is 0 Å². The minimum Gasteiger partial charge on any atom is -0.478 e. The van der Waals surface area contributed by atoms with Gasteiger partial charge < -0.3 is 29.5 Å². The molecule has 0 aliphatic heterocycles. The molecule has 200 valence electrons. The van der Waals surface area contributed by atoms with Crippen LogP contribution in [0, 0.1) is 5.41 Å². The van der Waals surface area contributed by atoms with Gasteiger partial charge in [0.05, 0.1) is 5.41 Å². The van der Waals surface area contributed by atoms with E-state index in [-0.39, 0.29) is 19.8 Å². The van der Waals surface area contributed by atoms with Crippen molar-refractivity contribution in [3.63, 3.8) is 0 Å². The zero-order chi connectivity index (χ0) is 29.2. The summed E-state index contributed by atoms with van der Waals surface area (Å²) in [5.74, 6) is -4.78. The van der Waals surface area contributed by atoms with Crippen LogP contribution in [0.5, 0.6) is 0 Å². The summed E-state index contributed by atoms with van der Waals surface area (Å²) in [6, 6.07) is 0. The molecule has 0 amide bonds. The van der Waals surface area contributed by atoms with Crippen LogP contribution < -0.4 is 0 Å². The van der Waals surface area contributed by atoms with Gasteiger partial charge in [0.25, 0.3) is 0 Å². The van der Waals surface area contributed by atoms with Crippen LogP contribution in [0.4, 0.5) is 0 Å². The molecule has 0 aliphatic rings. The van der Waals surface area contributed by atoms with E-state index in [1.54, 1.807) is 6.92 Å². The van der Waals surface area contributed by atoms with Gasteiger partial charge >= 0.3 is 35.8 Å². The molecule has 12 heteroatoms. The molecule has 0 radical (unpaired) electrons. The summed E-state index contributed by atoms with van der Waals surface area (Å²) >= 11 is 0. The van der Waals surface area contributed by atoms with Crippen LogP contribution in [0.3, 0.4) is 0 Å². The molecule has 0 saturated carbocycles. The molecule has 0 aromatic rings. The summed E-state index contributed by atoms with van der Waals surface area (Å²) in [5, 5.41) is 22.8. The topological polar surface area (TPSA) is 191 Å². The van der Waals surface area contributed by atoms with Crippen molar-refractivity contribution in [2.45, 2.75) is 13.3 Å². The Kier molecular flexibility index (Phi) is 26.6. The van der Waals surface area contributed by atoms with E-state index in [0.717, 1.165) is 36.5 Å². The first kappa shape index (κ1) is 38.5. The second kappa shape index (κ2) is 24.9. The second-order valence-electron chi connectivity index (χ2n) is 5.92. The largest absolute Gasteiger partial charge is 0.478 e. The van der Waals surface area contributed by atoms with Gasteiger partial charge in [-0.3, -0.25) is 0 Å². The van der Waals surface area contributed by atoms with Crippen LogP contribution in [0.25, 0.3) is 0 Å². The molecule has 0 aromatic carbocycles. The molecule has 3 N–H and O–H groups in total. The molecule has 0 saturated heterocycles. The maximum Gasteiger partial charge on any atom is 0.330 e. The lowest BCUT2D eigenvalue weighted by molar-refractivity contribution is -0.156. The van der Waals surface area contributed by atoms with Crippen molar-refractivity contribution in [2.24, 2.45) is 5.41 Å². The number of carbonyl (C=O) groups excluding carboxylic acids is 3. The number of rotatable bonds is 13. The molecule has 0 rings (SSSR count). The predicted octanol–water partition coefficient (Wildman–Crippen LogP) is 2.34. The summed E-state index contributed by atoms with van der Waals surface area (Å²) in [6.07, 6.45) is 6.01. The number of carbonyl (C=O) groups is 6. The maximum absolute atomic E-state index is 11.2. The highest BCUT2D eigenvalue weighted by atomic mass is 16.6. The highest BCUT2D eigenvalue weighted by Gasteiger charge is 2.33. The predicted molar refractivity (Wildman–Crippen MR) is 130 cm³/mol. The zero-order valence-corrected chi connectivity index (χ0v) is 20.1. The molecule has 0 atom stereocenters. The zero-order valence-electron chi connectivity index (χ0n) is 20.1. The molecule has 0 fully saturated rings. The van der Waals surface area contributed by atoms with Crippen LogP contribution >= 0.6 is 0 Å². The van der Waals surface area contributed by atoms with Gasteiger partial charge in [0.1, 0.15) is 19.8 Å². The van der Waals surface area contributed by atoms with Crippen molar-refractivity contribution in [3.05, 3.63) is 75.9 Å². The number of hydrogen-bond acceptors (Lipinski definition) is 9. The molecule has 0 aliphatic carbocycles. The van der Waals surface area contributed by atoms with Gasteiger partial charge in [-0.15, -0.1) is 0 Å². The molecule has 0 bridgehead atoms. The fraction of sp³-hybridized carbons (Fsp3) is 0.250. The minimum atomic E-state index is -0.981. The van der Waals surface area contributed by atoms with E-state index in [1.807, 2.05) is 0 Å². The molecular formula is C24H32O12. The summed E-state index contributed by atoms with van der Waals surface area (Å²) in [5.41, 5.74) is -0.837. The fourth-order valence-corrected chi connectivity index (χ4v) is 1.28. The Labute approximate surface area is 209 Å². The Morgan fingerprint density at radius 1 is 0.556 bits per heavy atom. The molecule has 12 nitrogen and oxygen atoms in total. The Bertz CT molecular complexity index is 705. The third-order valence-corrected chi connectivity index (χ3v) is 3.34. The average molecular weight is 513 g/mol. The van der Waals surface area contributed by atoms with Crippen molar-refractivity contribution in [2.75, 3.05) is 19.8 Å². The first-order valence-electron chi connectivity index (χ1n) is 9.68. The highest BCUT2D eigenvalue weighted by Crippen LogP contribution is 2.24. The first-order chi connectivity index (χ1) is 16.7. The van der Waals surface area contributed by atoms with Gasteiger partial charge in [0, 0.05) is 36.5 Å². The lowest BCUT2D eigenvalue weighted by Crippen LogP contribution is -2.38. The number of hydrogen-bond donors (Lipinski definition) is 3. The van der Waals surface area contributed by atoms with Crippen LogP contribution in [-0.4, -0.2) is 71.0 Å². The van der Waals surface area contributed by atoms with Gasteiger partial charge in [-0.2, -0.15) is 0 Å². The monoisotopic (exact) mass is 512 g/mol. The number of ether oxygens (including phenoxy) is 3. The number of carboxylic acid groups (broad SMARTS) is 3. The van der Waals surface area contributed by atoms with E-state index in [0.29, 0.717) is 6.42 Å². The lowest BCUT2D eigenvalue weighted by Gasteiger charge is -2.30. The quantitative estimate of drug-likeness (QED) is 0.186. The summed E-state index contributed by atoms with van der Waals surface area (Å²) < 4.78 is 15.0. The second-order valence-corrected chi connectivity index (χ2v) is 5.92. The summed E-state index contributed by atoms with van der Waals surface area (Å²) in [6.45, 7) is 20.3. The van der Waals surface area contributed by atoms with Crippen LogP contribution in [0.2, 0.25) is 0 Å². The van der Waals surface area contributed by atoms with Crippen LogP contribution in [-0.2, 0) is 43.0 Å². The van der Waals surface area contributed by atoms with Crippen molar-refractivity contribution >= 4 is 35.8 Å². The van der Waals surface area contributed by atoms with Gasteiger partial charge in [-0.05, 0) is 6.42 Å². The van der Waals surface area contributed by atoms with Gasteiger partial charge in [-0.1, -0.05) is 46.4 Å². The lowest BCUT2D eigenvalue weighted by atomic mass is 9.88. The van der Waals surface area contributed by atoms with E-state index in [2.05, 4.69) is 39.5 Å². The minimum absolute atomic E-state index is 0.0802. The molecule has 0 heterocycles. The fourth-order valence-electron chi connectivity index (χ4n) is 1.28. The average Bonchev–Trinajstić information content (AvgIpc) is 2.88. The standard InChI is InChI=1S/C15H20O6.3C3H4O2/c1-5-12(16)19-9-15(8-4,10-20-13(17)6-2)11-21-14(18)7-3;3*1-2-3(4)5/h5-7H,1-3,8-11H2,4H3;3*2H,1H2,(H,4,5). The molecular weight excluding hydrogens is 480 g/mol. The Morgan fingerprint density at radius 2 is 0.750 bits per heavy atom. The third-order valence-electron chi connectivity index (χ3n) is 3.34. The third kappa shape index (κ3) is 29.3.